The van der Waals surface area contributed by atoms with Crippen LogP contribution >= 0.6 is 0 Å². The van der Waals surface area contributed by atoms with E-state index in [4.69, 9.17) is 4.42 Å². The fourth-order valence-electron chi connectivity index (χ4n) is 9.96. The van der Waals surface area contributed by atoms with Crippen molar-refractivity contribution in [2.24, 2.45) is 0 Å². The minimum absolute atomic E-state index is 0.859. The molecule has 0 atom stereocenters. The van der Waals surface area contributed by atoms with Gasteiger partial charge in [0.15, 0.2) is 0 Å². The van der Waals surface area contributed by atoms with Crippen LogP contribution in [0.5, 0.6) is 0 Å². The molecule has 0 aliphatic heterocycles. The first-order chi connectivity index (χ1) is 32.6. The second-order valence-electron chi connectivity index (χ2n) is 17.0. The van der Waals surface area contributed by atoms with E-state index >= 15 is 0 Å². The smallest absolute Gasteiger partial charge is 0.142 e. The first kappa shape index (κ1) is 39.0. The number of anilines is 3. The third kappa shape index (κ3) is 6.60. The maximum atomic E-state index is 6.45. The Balaban J connectivity index is 0.954. The van der Waals surface area contributed by atoms with Crippen LogP contribution in [0.1, 0.15) is 11.3 Å². The summed E-state index contributed by atoms with van der Waals surface area (Å²) in [4.78, 5) is 2.38. The minimum Gasteiger partial charge on any atom is -0.456 e. The fraction of sp³-hybridized carbons (Fsp3) is 0.0159. The third-order valence-electron chi connectivity index (χ3n) is 13.1. The van der Waals surface area contributed by atoms with Crippen molar-refractivity contribution in [2.75, 3.05) is 4.90 Å². The van der Waals surface area contributed by atoms with Crippen molar-refractivity contribution in [3.05, 3.63) is 248 Å². The Hall–Kier alpha value is -8.66. The summed E-state index contributed by atoms with van der Waals surface area (Å²) in [7, 11) is 0. The normalized spacial score (nSPS) is 11.7. The summed E-state index contributed by atoms with van der Waals surface area (Å²) < 4.78 is 8.86. The highest BCUT2D eigenvalue weighted by Crippen LogP contribution is 2.42. The number of benzene rings is 10. The number of fused-ring (bicyclic) bond motifs is 7. The highest BCUT2D eigenvalue weighted by Gasteiger charge is 2.19. The van der Waals surface area contributed by atoms with Crippen molar-refractivity contribution in [3.8, 4) is 39.1 Å². The Morgan fingerprint density at radius 3 is 1.80 bits per heavy atom. The van der Waals surface area contributed by atoms with Crippen molar-refractivity contribution in [1.29, 1.82) is 0 Å². The van der Waals surface area contributed by atoms with E-state index in [2.05, 4.69) is 241 Å². The van der Waals surface area contributed by atoms with Gasteiger partial charge in [0.2, 0.25) is 0 Å². The molecule has 0 bridgehead atoms. The van der Waals surface area contributed by atoms with Gasteiger partial charge in [-0.1, -0.05) is 176 Å². The van der Waals surface area contributed by atoms with Crippen LogP contribution in [0.25, 0.3) is 99.5 Å². The first-order valence-electron chi connectivity index (χ1n) is 22.5. The van der Waals surface area contributed by atoms with Crippen LogP contribution < -0.4 is 4.90 Å². The number of aromatic nitrogens is 1. The molecular formula is C63H44N2O. The van der Waals surface area contributed by atoms with E-state index in [-0.39, 0.29) is 0 Å². The number of allylic oxidation sites excluding steroid dienone is 2. The Bertz CT molecular complexity index is 3800. The molecule has 0 N–H and O–H groups in total. The van der Waals surface area contributed by atoms with Gasteiger partial charge in [-0.05, 0) is 117 Å². The zero-order chi connectivity index (χ0) is 44.1. The lowest BCUT2D eigenvalue weighted by Gasteiger charge is -2.27. The molecule has 10 aromatic carbocycles. The van der Waals surface area contributed by atoms with Gasteiger partial charge in [0, 0.05) is 49.9 Å². The molecule has 12 aromatic rings. The lowest BCUT2D eigenvalue weighted by atomic mass is 9.96. The molecule has 0 saturated heterocycles. The largest absolute Gasteiger partial charge is 0.456 e. The van der Waals surface area contributed by atoms with Crippen molar-refractivity contribution >= 4 is 77.5 Å². The Morgan fingerprint density at radius 2 is 1.03 bits per heavy atom. The molecule has 0 saturated carbocycles. The maximum Gasteiger partial charge on any atom is 0.142 e. The fourth-order valence-corrected chi connectivity index (χ4v) is 9.96. The summed E-state index contributed by atoms with van der Waals surface area (Å²) in [5.74, 6) is 0.859. The monoisotopic (exact) mass is 844 g/mol. The molecule has 0 fully saturated rings. The molecule has 0 aliphatic carbocycles. The van der Waals surface area contributed by atoms with Gasteiger partial charge in [-0.2, -0.15) is 0 Å². The molecule has 2 heterocycles. The van der Waals surface area contributed by atoms with Crippen LogP contribution in [0.4, 0.5) is 17.1 Å². The number of furan rings is 1. The zero-order valence-corrected chi connectivity index (χ0v) is 36.5. The molecule has 2 aromatic heterocycles. The molecule has 3 heteroatoms. The molecule has 12 rings (SSSR count). The van der Waals surface area contributed by atoms with Crippen molar-refractivity contribution in [1.82, 2.24) is 4.57 Å². The van der Waals surface area contributed by atoms with E-state index in [1.807, 2.05) is 12.2 Å². The minimum atomic E-state index is 0.859. The average Bonchev–Trinajstić information content (AvgIpc) is 3.89. The summed E-state index contributed by atoms with van der Waals surface area (Å²) in [6, 6.07) is 79.3. The van der Waals surface area contributed by atoms with Crippen molar-refractivity contribution in [3.63, 3.8) is 0 Å². The number of nitrogens with zero attached hydrogens (tertiary/aromatic N) is 2. The Kier molecular flexibility index (Phi) is 9.54. The van der Waals surface area contributed by atoms with E-state index in [9.17, 15) is 0 Å². The topological polar surface area (TPSA) is 21.3 Å². The number of hydrogen-bond acceptors (Lipinski definition) is 2. The number of aryl methyl sites for hydroxylation is 1. The van der Waals surface area contributed by atoms with E-state index in [0.717, 1.165) is 61.7 Å². The van der Waals surface area contributed by atoms with Crippen molar-refractivity contribution in [2.45, 2.75) is 6.92 Å². The molecule has 0 radical (unpaired) electrons. The Labute approximate surface area is 384 Å². The molecule has 0 spiro atoms. The summed E-state index contributed by atoms with van der Waals surface area (Å²) in [6.45, 7) is 5.95. The van der Waals surface area contributed by atoms with Crippen LogP contribution in [0.2, 0.25) is 0 Å². The van der Waals surface area contributed by atoms with E-state index in [1.54, 1.807) is 6.08 Å². The van der Waals surface area contributed by atoms with Gasteiger partial charge < -0.3 is 13.9 Å². The summed E-state index contributed by atoms with van der Waals surface area (Å²) in [5.41, 5.74) is 15.7. The van der Waals surface area contributed by atoms with E-state index < -0.39 is 0 Å². The van der Waals surface area contributed by atoms with Crippen LogP contribution in [0, 0.1) is 6.92 Å². The first-order valence-corrected chi connectivity index (χ1v) is 22.5. The molecule has 0 amide bonds. The second kappa shape index (κ2) is 16.2. The number of hydrogen-bond donors (Lipinski definition) is 0. The summed E-state index contributed by atoms with van der Waals surface area (Å²) in [5, 5.41) is 8.42. The number of para-hydroxylation sites is 4. The van der Waals surface area contributed by atoms with Gasteiger partial charge in [-0.15, -0.1) is 0 Å². The lowest BCUT2D eigenvalue weighted by molar-refractivity contribution is 0.602. The molecule has 312 valence electrons. The molecule has 3 nitrogen and oxygen atoms in total. The van der Waals surface area contributed by atoms with E-state index in [0.29, 0.717) is 0 Å². The van der Waals surface area contributed by atoms with Crippen molar-refractivity contribution < 1.29 is 4.42 Å². The zero-order valence-electron chi connectivity index (χ0n) is 36.5. The third-order valence-corrected chi connectivity index (χ3v) is 13.1. The summed E-state index contributed by atoms with van der Waals surface area (Å²) >= 11 is 0. The molecular weight excluding hydrogens is 801 g/mol. The average molecular weight is 845 g/mol. The predicted octanol–water partition coefficient (Wildman–Crippen LogP) is 17.8. The maximum absolute atomic E-state index is 6.45. The Morgan fingerprint density at radius 1 is 0.439 bits per heavy atom. The van der Waals surface area contributed by atoms with Gasteiger partial charge in [-0.3, -0.25) is 0 Å². The van der Waals surface area contributed by atoms with Gasteiger partial charge in [-0.25, -0.2) is 0 Å². The quantitative estimate of drug-likeness (QED) is 0.107. The second-order valence-corrected chi connectivity index (χ2v) is 17.0. The van der Waals surface area contributed by atoms with Crippen LogP contribution in [-0.4, -0.2) is 4.57 Å². The predicted molar refractivity (Wildman–Crippen MR) is 281 cm³/mol. The molecule has 66 heavy (non-hydrogen) atoms. The van der Waals surface area contributed by atoms with Gasteiger partial charge in [0.1, 0.15) is 11.3 Å². The van der Waals surface area contributed by atoms with Crippen LogP contribution in [-0.2, 0) is 0 Å². The molecule has 0 unspecified atom stereocenters. The molecule has 0 aliphatic rings. The SMILES string of the molecule is C=C/C=C\c1oc2c(-c3ccc4c(ccc5cc(N(c6ccc(-c7ccccc7-n7c8ccccc8c8ccccc87)cc6)c6cccc(-c7ccccc7)c6)ccc54)c3)cccc2c1C. The van der Waals surface area contributed by atoms with Crippen LogP contribution in [0.3, 0.4) is 0 Å². The highest BCUT2D eigenvalue weighted by atomic mass is 16.3. The van der Waals surface area contributed by atoms with Gasteiger partial charge in [0.05, 0.1) is 16.7 Å². The highest BCUT2D eigenvalue weighted by molar-refractivity contribution is 6.11. The summed E-state index contributed by atoms with van der Waals surface area (Å²) in [6.07, 6.45) is 5.68. The van der Waals surface area contributed by atoms with E-state index in [1.165, 1.54) is 60.0 Å². The lowest BCUT2D eigenvalue weighted by Crippen LogP contribution is -2.10. The van der Waals surface area contributed by atoms with Gasteiger partial charge in [0.25, 0.3) is 0 Å². The van der Waals surface area contributed by atoms with Crippen LogP contribution in [0.15, 0.2) is 242 Å². The van der Waals surface area contributed by atoms with Gasteiger partial charge >= 0.3 is 0 Å². The number of rotatable bonds is 9. The standard InChI is InChI=1S/C63H44N2O/c1-3-4-28-62-42(2)52-23-15-24-56(63(52)66-62)47-33-37-53-46(39-47)29-30-48-41-51(36-38-54(48)53)64(50-19-14-18-45(40-50)43-16-6-5-7-17-43)49-34-31-44(32-35-49)55-20-8-11-25-59(55)65-60-26-12-9-21-57(60)58-22-10-13-27-61(58)65/h3-41H,1H2,2H3/b28-4-.